The van der Waals surface area contributed by atoms with Crippen molar-refractivity contribution in [3.05, 3.63) is 58.1 Å². The molecule has 0 radical (unpaired) electrons. The van der Waals surface area contributed by atoms with Gasteiger partial charge in [-0.05, 0) is 48.2 Å². The summed E-state index contributed by atoms with van der Waals surface area (Å²) in [6.07, 6.45) is 1.09. The van der Waals surface area contributed by atoms with Gasteiger partial charge >= 0.3 is 0 Å². The van der Waals surface area contributed by atoms with Crippen LogP contribution in [0, 0.1) is 0 Å². The highest BCUT2D eigenvalue weighted by atomic mass is 35.5. The number of halogens is 2. The van der Waals surface area contributed by atoms with Gasteiger partial charge in [0.15, 0.2) is 6.61 Å². The zero-order valence-electron chi connectivity index (χ0n) is 13.1. The molecule has 0 spiro atoms. The third-order valence-corrected chi connectivity index (χ3v) is 4.18. The van der Waals surface area contributed by atoms with Gasteiger partial charge in [-0.3, -0.25) is 4.79 Å². The van der Waals surface area contributed by atoms with Crippen molar-refractivity contribution in [3.8, 4) is 5.75 Å². The minimum absolute atomic E-state index is 0.0817. The lowest BCUT2D eigenvalue weighted by Crippen LogP contribution is -2.20. The zero-order valence-corrected chi connectivity index (χ0v) is 14.6. The average molecular weight is 352 g/mol. The lowest BCUT2D eigenvalue weighted by atomic mass is 9.99. The zero-order chi connectivity index (χ0) is 16.8. The summed E-state index contributed by atoms with van der Waals surface area (Å²) in [7, 11) is 0. The Balaban J connectivity index is 1.89. The Labute approximate surface area is 146 Å². The highest BCUT2D eigenvalue weighted by molar-refractivity contribution is 6.36. The van der Waals surface area contributed by atoms with E-state index in [-0.39, 0.29) is 12.5 Å². The first-order chi connectivity index (χ1) is 11.0. The molecule has 1 amide bonds. The Morgan fingerprint density at radius 1 is 1.17 bits per heavy atom. The Bertz CT molecular complexity index is 671. The van der Waals surface area contributed by atoms with E-state index < -0.39 is 0 Å². The number of ether oxygens (including phenoxy) is 1. The second-order valence-electron chi connectivity index (χ2n) is 5.34. The third kappa shape index (κ3) is 5.15. The van der Waals surface area contributed by atoms with Crippen LogP contribution < -0.4 is 10.1 Å². The van der Waals surface area contributed by atoms with Crippen LogP contribution in [0.15, 0.2) is 42.5 Å². The minimum atomic E-state index is -0.278. The van der Waals surface area contributed by atoms with Gasteiger partial charge < -0.3 is 10.1 Å². The van der Waals surface area contributed by atoms with Crippen molar-refractivity contribution in [2.75, 3.05) is 11.9 Å². The summed E-state index contributed by atoms with van der Waals surface area (Å²) in [4.78, 5) is 11.9. The number of nitrogens with one attached hydrogen (secondary N) is 1. The molecule has 0 saturated carbocycles. The molecule has 122 valence electrons. The summed E-state index contributed by atoms with van der Waals surface area (Å²) < 4.78 is 5.49. The van der Waals surface area contributed by atoms with Crippen molar-refractivity contribution in [1.82, 2.24) is 0 Å². The Morgan fingerprint density at radius 2 is 1.87 bits per heavy atom. The fourth-order valence-corrected chi connectivity index (χ4v) is 2.51. The Morgan fingerprint density at radius 3 is 2.48 bits per heavy atom. The Kier molecular flexibility index (Phi) is 6.31. The predicted octanol–water partition coefficient (Wildman–Crippen LogP) is 5.52. The Hall–Kier alpha value is -1.71. The van der Waals surface area contributed by atoms with Crippen LogP contribution in [0.3, 0.4) is 0 Å². The van der Waals surface area contributed by atoms with Crippen molar-refractivity contribution in [3.63, 3.8) is 0 Å². The molecule has 0 heterocycles. The van der Waals surface area contributed by atoms with E-state index >= 15 is 0 Å². The molecule has 0 aliphatic rings. The van der Waals surface area contributed by atoms with Crippen molar-refractivity contribution in [1.29, 1.82) is 0 Å². The van der Waals surface area contributed by atoms with Gasteiger partial charge in [0.25, 0.3) is 5.91 Å². The molecule has 0 aliphatic carbocycles. The topological polar surface area (TPSA) is 38.3 Å². The number of rotatable bonds is 6. The fourth-order valence-electron chi connectivity index (χ4n) is 2.05. The number of carbonyl (C=O) groups excluding carboxylic acids is 1. The molecule has 23 heavy (non-hydrogen) atoms. The van der Waals surface area contributed by atoms with Crippen LogP contribution in [0.5, 0.6) is 5.75 Å². The highest BCUT2D eigenvalue weighted by Crippen LogP contribution is 2.25. The van der Waals surface area contributed by atoms with Crippen LogP contribution in [0.2, 0.25) is 10.0 Å². The molecule has 0 aromatic heterocycles. The maximum atomic E-state index is 11.9. The molecule has 2 aromatic carbocycles. The number of hydrogen-bond donors (Lipinski definition) is 1. The number of benzene rings is 2. The van der Waals surface area contributed by atoms with Crippen molar-refractivity contribution < 1.29 is 9.53 Å². The molecule has 0 aliphatic heterocycles. The van der Waals surface area contributed by atoms with Gasteiger partial charge in [-0.15, -0.1) is 0 Å². The first kappa shape index (κ1) is 17.6. The molecule has 3 nitrogen and oxygen atoms in total. The first-order valence-electron chi connectivity index (χ1n) is 7.47. The van der Waals surface area contributed by atoms with E-state index in [1.54, 1.807) is 18.2 Å². The van der Waals surface area contributed by atoms with E-state index in [1.165, 1.54) is 5.56 Å². The fraction of sp³-hybridized carbons (Fsp3) is 0.278. The van der Waals surface area contributed by atoms with Crippen LogP contribution in [-0.4, -0.2) is 12.5 Å². The first-order valence-corrected chi connectivity index (χ1v) is 8.23. The third-order valence-electron chi connectivity index (χ3n) is 3.64. The summed E-state index contributed by atoms with van der Waals surface area (Å²) in [5.74, 6) is 0.897. The van der Waals surface area contributed by atoms with Gasteiger partial charge in [0.1, 0.15) is 5.75 Å². The molecule has 1 atom stereocenters. The quantitative estimate of drug-likeness (QED) is 0.743. The molecule has 0 fully saturated rings. The van der Waals surface area contributed by atoms with Crippen molar-refractivity contribution in [2.24, 2.45) is 0 Å². The van der Waals surface area contributed by atoms with Crippen molar-refractivity contribution in [2.45, 2.75) is 26.2 Å². The minimum Gasteiger partial charge on any atom is -0.484 e. The van der Waals surface area contributed by atoms with Crippen LogP contribution >= 0.6 is 23.2 Å². The lowest BCUT2D eigenvalue weighted by Gasteiger charge is -2.11. The number of amides is 1. The largest absolute Gasteiger partial charge is 0.484 e. The number of anilines is 1. The number of carbonyl (C=O) groups is 1. The van der Waals surface area contributed by atoms with Crippen molar-refractivity contribution >= 4 is 34.8 Å². The molecule has 0 saturated heterocycles. The van der Waals surface area contributed by atoms with Crippen LogP contribution in [0.25, 0.3) is 0 Å². The van der Waals surface area contributed by atoms with E-state index in [2.05, 4.69) is 19.2 Å². The molecule has 1 N–H and O–H groups in total. The smallest absolute Gasteiger partial charge is 0.262 e. The van der Waals surface area contributed by atoms with E-state index in [1.807, 2.05) is 24.3 Å². The van der Waals surface area contributed by atoms with Crippen LogP contribution in [0.1, 0.15) is 31.7 Å². The van der Waals surface area contributed by atoms with E-state index in [9.17, 15) is 4.79 Å². The molecular weight excluding hydrogens is 333 g/mol. The summed E-state index contributed by atoms with van der Waals surface area (Å²) in [5, 5.41) is 3.60. The van der Waals surface area contributed by atoms with Gasteiger partial charge in [0.2, 0.25) is 0 Å². The molecule has 0 unspecified atom stereocenters. The standard InChI is InChI=1S/C18H19Cl2NO2/c1-3-12(2)13-4-7-15(8-5-13)23-11-18(22)21-17-9-6-14(19)10-16(17)20/h4-10,12H,3,11H2,1-2H3,(H,21,22)/t12-/m0/s1. The maximum Gasteiger partial charge on any atom is 0.262 e. The molecule has 2 rings (SSSR count). The maximum absolute atomic E-state index is 11.9. The second-order valence-corrected chi connectivity index (χ2v) is 6.18. The van der Waals surface area contributed by atoms with E-state index in [0.717, 1.165) is 6.42 Å². The van der Waals surface area contributed by atoms with Crippen LogP contribution in [-0.2, 0) is 4.79 Å². The predicted molar refractivity (Wildman–Crippen MR) is 95.7 cm³/mol. The lowest BCUT2D eigenvalue weighted by molar-refractivity contribution is -0.118. The van der Waals surface area contributed by atoms with Gasteiger partial charge in [0.05, 0.1) is 10.7 Å². The van der Waals surface area contributed by atoms with Crippen LogP contribution in [0.4, 0.5) is 5.69 Å². The van der Waals surface area contributed by atoms with Gasteiger partial charge in [0, 0.05) is 5.02 Å². The molecule has 0 bridgehead atoms. The summed E-state index contributed by atoms with van der Waals surface area (Å²) >= 11 is 11.8. The SMILES string of the molecule is CC[C@H](C)c1ccc(OCC(=O)Nc2ccc(Cl)cc2Cl)cc1. The van der Waals surface area contributed by atoms with E-state index in [4.69, 9.17) is 27.9 Å². The average Bonchev–Trinajstić information content (AvgIpc) is 2.55. The molecule has 2 aromatic rings. The van der Waals surface area contributed by atoms with Gasteiger partial charge in [-0.25, -0.2) is 0 Å². The summed E-state index contributed by atoms with van der Waals surface area (Å²) in [5.41, 5.74) is 1.77. The monoisotopic (exact) mass is 351 g/mol. The number of hydrogen-bond acceptors (Lipinski definition) is 2. The highest BCUT2D eigenvalue weighted by Gasteiger charge is 2.08. The van der Waals surface area contributed by atoms with Gasteiger partial charge in [-0.1, -0.05) is 49.2 Å². The van der Waals surface area contributed by atoms with Gasteiger partial charge in [-0.2, -0.15) is 0 Å². The summed E-state index contributed by atoms with van der Waals surface area (Å²) in [6.45, 7) is 4.25. The molecular formula is C18H19Cl2NO2. The normalized spacial score (nSPS) is 11.8. The molecule has 5 heteroatoms. The van der Waals surface area contributed by atoms with E-state index in [0.29, 0.717) is 27.4 Å². The second kappa shape index (κ2) is 8.23. The summed E-state index contributed by atoms with van der Waals surface area (Å²) in [6, 6.07) is 12.7.